The number of hydrogen-bond donors (Lipinski definition) is 2. The summed E-state index contributed by atoms with van der Waals surface area (Å²) in [6, 6.07) is 4.28. The van der Waals surface area contributed by atoms with Crippen molar-refractivity contribution < 1.29 is 14.8 Å². The maximum Gasteiger partial charge on any atom is 0.292 e. The molecular formula is C13H17N3O4. The van der Waals surface area contributed by atoms with Gasteiger partial charge in [0.1, 0.15) is 5.69 Å². The zero-order valence-electron chi connectivity index (χ0n) is 11.0. The number of nitrogens with two attached hydrogens (primary N) is 1. The Hall–Kier alpha value is -2.15. The number of rotatable bonds is 5. The number of aliphatic hydroxyl groups is 1. The van der Waals surface area contributed by atoms with Gasteiger partial charge in [0.2, 0.25) is 0 Å². The molecule has 0 atom stereocenters. The molecule has 1 aromatic rings. The molecule has 0 bridgehead atoms. The number of carbonyl (C=O) groups is 1. The zero-order valence-corrected chi connectivity index (χ0v) is 11.0. The summed E-state index contributed by atoms with van der Waals surface area (Å²) < 4.78 is 0. The van der Waals surface area contributed by atoms with Crippen LogP contribution >= 0.6 is 0 Å². The number of hydrogen-bond acceptors (Lipinski definition) is 5. The van der Waals surface area contributed by atoms with E-state index in [-0.39, 0.29) is 42.0 Å². The Morgan fingerprint density at radius 1 is 1.50 bits per heavy atom. The lowest BCUT2D eigenvalue weighted by Gasteiger charge is -2.37. The molecule has 20 heavy (non-hydrogen) atoms. The third kappa shape index (κ3) is 2.57. The normalized spacial score (nSPS) is 14.7. The molecule has 1 aliphatic rings. The molecule has 3 N–H and O–H groups in total. The summed E-state index contributed by atoms with van der Waals surface area (Å²) in [4.78, 5) is 24.3. The van der Waals surface area contributed by atoms with E-state index in [1.54, 1.807) is 4.90 Å². The van der Waals surface area contributed by atoms with Crippen LogP contribution in [-0.2, 0) is 0 Å². The van der Waals surface area contributed by atoms with Crippen LogP contribution in [0.15, 0.2) is 18.2 Å². The second-order valence-electron chi connectivity index (χ2n) is 4.80. The summed E-state index contributed by atoms with van der Waals surface area (Å²) in [5, 5.41) is 19.9. The van der Waals surface area contributed by atoms with E-state index in [0.29, 0.717) is 0 Å². The van der Waals surface area contributed by atoms with E-state index in [1.807, 2.05) is 0 Å². The maximum atomic E-state index is 12.5. The van der Waals surface area contributed by atoms with Crippen LogP contribution in [0.1, 0.15) is 29.6 Å². The van der Waals surface area contributed by atoms with E-state index in [1.165, 1.54) is 18.2 Å². The molecule has 1 aromatic carbocycles. The van der Waals surface area contributed by atoms with Crippen molar-refractivity contribution in [1.82, 2.24) is 4.90 Å². The first-order chi connectivity index (χ1) is 9.56. The summed E-state index contributed by atoms with van der Waals surface area (Å²) >= 11 is 0. The minimum absolute atomic E-state index is 0.0910. The highest BCUT2D eigenvalue weighted by atomic mass is 16.6. The number of nitrogens with zero attached hydrogens (tertiary/aromatic N) is 2. The second kappa shape index (κ2) is 5.87. The van der Waals surface area contributed by atoms with Crippen molar-refractivity contribution in [3.8, 4) is 0 Å². The molecule has 0 heterocycles. The maximum absolute atomic E-state index is 12.5. The predicted molar refractivity (Wildman–Crippen MR) is 73.3 cm³/mol. The van der Waals surface area contributed by atoms with Gasteiger partial charge in [-0.25, -0.2) is 0 Å². The lowest BCUT2D eigenvalue weighted by atomic mass is 9.91. The van der Waals surface area contributed by atoms with Gasteiger partial charge in [0.25, 0.3) is 11.6 Å². The van der Waals surface area contributed by atoms with E-state index < -0.39 is 4.92 Å². The molecule has 0 aromatic heterocycles. The zero-order chi connectivity index (χ0) is 14.7. The number of para-hydroxylation sites is 1. The fourth-order valence-corrected chi connectivity index (χ4v) is 2.31. The van der Waals surface area contributed by atoms with Crippen LogP contribution in [0.25, 0.3) is 0 Å². The topological polar surface area (TPSA) is 110 Å². The highest BCUT2D eigenvalue weighted by Gasteiger charge is 2.31. The number of amides is 1. The SMILES string of the molecule is Nc1c(C(=O)N(CCO)C2CCC2)cccc1[N+](=O)[O-]. The lowest BCUT2D eigenvalue weighted by molar-refractivity contribution is -0.383. The summed E-state index contributed by atoms with van der Waals surface area (Å²) in [5.41, 5.74) is 5.46. The smallest absolute Gasteiger partial charge is 0.292 e. The van der Waals surface area contributed by atoms with Crippen LogP contribution in [0.2, 0.25) is 0 Å². The van der Waals surface area contributed by atoms with Crippen molar-refractivity contribution in [2.45, 2.75) is 25.3 Å². The van der Waals surface area contributed by atoms with Gasteiger partial charge in [0, 0.05) is 18.7 Å². The van der Waals surface area contributed by atoms with Gasteiger partial charge in [-0.15, -0.1) is 0 Å². The van der Waals surface area contributed by atoms with Crippen LogP contribution in [0, 0.1) is 10.1 Å². The first kappa shape index (κ1) is 14.3. The standard InChI is InChI=1S/C13H17N3O4/c14-12-10(5-2-6-11(12)16(19)20)13(18)15(7-8-17)9-3-1-4-9/h2,5-6,9,17H,1,3-4,7-8,14H2. The Morgan fingerprint density at radius 2 is 2.20 bits per heavy atom. The van der Waals surface area contributed by atoms with Gasteiger partial charge in [0.15, 0.2) is 0 Å². The van der Waals surface area contributed by atoms with Crippen LogP contribution in [0.3, 0.4) is 0 Å². The number of nitrogen functional groups attached to an aromatic ring is 1. The van der Waals surface area contributed by atoms with Crippen molar-refractivity contribution in [2.75, 3.05) is 18.9 Å². The largest absolute Gasteiger partial charge is 0.395 e. The Morgan fingerprint density at radius 3 is 2.70 bits per heavy atom. The van der Waals surface area contributed by atoms with Gasteiger partial charge in [-0.2, -0.15) is 0 Å². The number of anilines is 1. The van der Waals surface area contributed by atoms with Crippen molar-refractivity contribution in [3.05, 3.63) is 33.9 Å². The first-order valence-electron chi connectivity index (χ1n) is 6.51. The number of nitro benzene ring substituents is 1. The number of nitro groups is 1. The molecule has 1 saturated carbocycles. The van der Waals surface area contributed by atoms with Gasteiger partial charge in [-0.05, 0) is 25.3 Å². The first-order valence-corrected chi connectivity index (χ1v) is 6.51. The fourth-order valence-electron chi connectivity index (χ4n) is 2.31. The fraction of sp³-hybridized carbons (Fsp3) is 0.462. The van der Waals surface area contributed by atoms with E-state index >= 15 is 0 Å². The van der Waals surface area contributed by atoms with Gasteiger partial charge in [-0.3, -0.25) is 14.9 Å². The van der Waals surface area contributed by atoms with Crippen molar-refractivity contribution >= 4 is 17.3 Å². The van der Waals surface area contributed by atoms with Gasteiger partial charge < -0.3 is 15.7 Å². The Kier molecular flexibility index (Phi) is 4.19. The van der Waals surface area contributed by atoms with Crippen LogP contribution < -0.4 is 5.73 Å². The summed E-state index contributed by atoms with van der Waals surface area (Å²) in [6.45, 7) is 0.0721. The minimum Gasteiger partial charge on any atom is -0.395 e. The van der Waals surface area contributed by atoms with Crippen molar-refractivity contribution in [3.63, 3.8) is 0 Å². The molecular weight excluding hydrogens is 262 g/mol. The average molecular weight is 279 g/mol. The predicted octanol–water partition coefficient (Wildman–Crippen LogP) is 1.16. The monoisotopic (exact) mass is 279 g/mol. The molecule has 0 saturated heterocycles. The summed E-state index contributed by atoms with van der Waals surface area (Å²) in [6.07, 6.45) is 2.82. The Balaban J connectivity index is 2.31. The average Bonchev–Trinajstić information content (AvgIpc) is 2.35. The van der Waals surface area contributed by atoms with Crippen LogP contribution in [0.4, 0.5) is 11.4 Å². The molecule has 7 heteroatoms. The molecule has 1 aliphatic carbocycles. The van der Waals surface area contributed by atoms with E-state index in [9.17, 15) is 14.9 Å². The molecule has 0 radical (unpaired) electrons. The summed E-state index contributed by atoms with van der Waals surface area (Å²) in [7, 11) is 0. The van der Waals surface area contributed by atoms with E-state index in [4.69, 9.17) is 10.8 Å². The highest BCUT2D eigenvalue weighted by molar-refractivity contribution is 6.01. The Bertz CT molecular complexity index is 528. The van der Waals surface area contributed by atoms with Crippen LogP contribution in [0.5, 0.6) is 0 Å². The van der Waals surface area contributed by atoms with Crippen molar-refractivity contribution in [1.29, 1.82) is 0 Å². The van der Waals surface area contributed by atoms with Gasteiger partial charge >= 0.3 is 0 Å². The quantitative estimate of drug-likeness (QED) is 0.477. The number of benzene rings is 1. The molecule has 0 spiro atoms. The Labute approximate surface area is 116 Å². The molecule has 108 valence electrons. The highest BCUT2D eigenvalue weighted by Crippen LogP contribution is 2.30. The third-order valence-corrected chi connectivity index (χ3v) is 3.63. The van der Waals surface area contributed by atoms with E-state index in [2.05, 4.69) is 0 Å². The lowest BCUT2D eigenvalue weighted by Crippen LogP contribution is -2.45. The number of carbonyl (C=O) groups excluding carboxylic acids is 1. The van der Waals surface area contributed by atoms with Gasteiger partial charge in [-0.1, -0.05) is 6.07 Å². The molecule has 0 unspecified atom stereocenters. The number of aliphatic hydroxyl groups excluding tert-OH is 1. The second-order valence-corrected chi connectivity index (χ2v) is 4.80. The molecule has 0 aliphatic heterocycles. The molecule has 1 fully saturated rings. The molecule has 1 amide bonds. The third-order valence-electron chi connectivity index (χ3n) is 3.63. The van der Waals surface area contributed by atoms with Crippen molar-refractivity contribution in [2.24, 2.45) is 0 Å². The van der Waals surface area contributed by atoms with E-state index in [0.717, 1.165) is 19.3 Å². The summed E-state index contributed by atoms with van der Waals surface area (Å²) in [5.74, 6) is -0.357. The van der Waals surface area contributed by atoms with Gasteiger partial charge in [0.05, 0.1) is 17.1 Å². The minimum atomic E-state index is -0.605. The molecule has 7 nitrogen and oxygen atoms in total. The molecule has 2 rings (SSSR count). The van der Waals surface area contributed by atoms with Crippen LogP contribution in [-0.4, -0.2) is 40.0 Å².